The Hall–Kier alpha value is -0.370. The Morgan fingerprint density at radius 2 is 1.46 bits per heavy atom. The van der Waals surface area contributed by atoms with Crippen LogP contribution in [0, 0.1) is 10.8 Å². The Morgan fingerprint density at radius 3 is 1.69 bits per heavy atom. The van der Waals surface area contributed by atoms with Gasteiger partial charge < -0.3 is 0 Å². The Kier molecular flexibility index (Phi) is 3.68. The summed E-state index contributed by atoms with van der Waals surface area (Å²) in [4.78, 5) is 22.2. The van der Waals surface area contributed by atoms with E-state index in [1.807, 2.05) is 13.8 Å². The van der Waals surface area contributed by atoms with E-state index >= 15 is 0 Å². The van der Waals surface area contributed by atoms with Gasteiger partial charge in [-0.3, -0.25) is 9.59 Å². The number of halogens is 1. The van der Waals surface area contributed by atoms with Crippen molar-refractivity contribution in [3.05, 3.63) is 0 Å². The van der Waals surface area contributed by atoms with Crippen molar-refractivity contribution in [2.45, 2.75) is 41.0 Å². The van der Waals surface area contributed by atoms with Gasteiger partial charge in [-0.2, -0.15) is 0 Å². The van der Waals surface area contributed by atoms with E-state index in [-0.39, 0.29) is 11.0 Å². The van der Waals surface area contributed by atoms with Crippen LogP contribution in [0.15, 0.2) is 0 Å². The average Bonchev–Trinajstić information content (AvgIpc) is 1.83. The highest BCUT2D eigenvalue weighted by Crippen LogP contribution is 2.35. The Balaban J connectivity index is 4.61. The first-order valence-electron chi connectivity index (χ1n) is 4.30. The van der Waals surface area contributed by atoms with Crippen LogP contribution in [0.1, 0.15) is 41.0 Å². The van der Waals surface area contributed by atoms with Crippen LogP contribution in [0.25, 0.3) is 0 Å². The van der Waals surface area contributed by atoms with Crippen LogP contribution < -0.4 is 0 Å². The molecule has 76 valence electrons. The lowest BCUT2D eigenvalue weighted by molar-refractivity contribution is -0.128. The smallest absolute Gasteiger partial charge is 0.227 e. The van der Waals surface area contributed by atoms with Crippen molar-refractivity contribution in [3.8, 4) is 0 Å². The highest BCUT2D eigenvalue weighted by atomic mass is 35.5. The third-order valence-corrected chi connectivity index (χ3v) is 2.88. The first-order chi connectivity index (χ1) is 5.59. The lowest BCUT2D eigenvalue weighted by Crippen LogP contribution is -2.32. The fourth-order valence-corrected chi connectivity index (χ4v) is 1.37. The van der Waals surface area contributed by atoms with Crippen LogP contribution in [-0.2, 0) is 9.59 Å². The topological polar surface area (TPSA) is 34.1 Å². The van der Waals surface area contributed by atoms with Gasteiger partial charge in [-0.15, -0.1) is 0 Å². The van der Waals surface area contributed by atoms with Crippen LogP contribution >= 0.6 is 11.6 Å². The lowest BCUT2D eigenvalue weighted by atomic mass is 9.74. The molecule has 0 aromatic heterocycles. The van der Waals surface area contributed by atoms with Gasteiger partial charge in [0.15, 0.2) is 0 Å². The summed E-state index contributed by atoms with van der Waals surface area (Å²) >= 11 is 5.43. The van der Waals surface area contributed by atoms with Gasteiger partial charge >= 0.3 is 0 Å². The van der Waals surface area contributed by atoms with E-state index in [0.717, 1.165) is 0 Å². The van der Waals surface area contributed by atoms with Crippen molar-refractivity contribution in [2.24, 2.45) is 10.8 Å². The first kappa shape index (κ1) is 12.6. The van der Waals surface area contributed by atoms with E-state index in [1.54, 1.807) is 13.8 Å². The predicted molar refractivity (Wildman–Crippen MR) is 53.7 cm³/mol. The number of ketones is 1. The van der Waals surface area contributed by atoms with E-state index in [4.69, 9.17) is 11.6 Å². The van der Waals surface area contributed by atoms with Crippen molar-refractivity contribution in [2.75, 3.05) is 0 Å². The minimum absolute atomic E-state index is 0.0819. The first-order valence-corrected chi connectivity index (χ1v) is 4.68. The van der Waals surface area contributed by atoms with Crippen LogP contribution in [0.3, 0.4) is 0 Å². The summed E-state index contributed by atoms with van der Waals surface area (Å²) in [5.41, 5.74) is -1.11. The number of Topliss-reactive ketones (excluding diaryl/α,β-unsaturated/α-hetero) is 1. The molecule has 0 fully saturated rings. The number of hydrogen-bond acceptors (Lipinski definition) is 2. The normalized spacial score (nSPS) is 12.8. The predicted octanol–water partition coefficient (Wildman–Crippen LogP) is 2.78. The number of hydrogen-bond donors (Lipinski definition) is 0. The second-order valence-electron chi connectivity index (χ2n) is 4.77. The Labute approximate surface area is 84.7 Å². The van der Waals surface area contributed by atoms with Gasteiger partial charge in [0.2, 0.25) is 5.24 Å². The average molecular weight is 205 g/mol. The number of carbonyl (C=O) groups excluding carboxylic acids is 2. The van der Waals surface area contributed by atoms with Crippen LogP contribution in [-0.4, -0.2) is 11.0 Å². The molecule has 0 atom stereocenters. The van der Waals surface area contributed by atoms with Gasteiger partial charge in [-0.25, -0.2) is 0 Å². The molecule has 3 heteroatoms. The molecule has 0 aliphatic rings. The van der Waals surface area contributed by atoms with Crippen molar-refractivity contribution in [3.63, 3.8) is 0 Å². The molecule has 2 nitrogen and oxygen atoms in total. The minimum Gasteiger partial charge on any atom is -0.299 e. The van der Waals surface area contributed by atoms with Gasteiger partial charge in [0, 0.05) is 10.8 Å². The lowest BCUT2D eigenvalue weighted by Gasteiger charge is -2.30. The molecule has 0 heterocycles. The van der Waals surface area contributed by atoms with E-state index in [9.17, 15) is 9.59 Å². The van der Waals surface area contributed by atoms with E-state index in [1.165, 1.54) is 6.92 Å². The molecule has 0 saturated heterocycles. The fraction of sp³-hybridized carbons (Fsp3) is 0.800. The summed E-state index contributed by atoms with van der Waals surface area (Å²) < 4.78 is 0. The second kappa shape index (κ2) is 3.79. The molecular formula is C10H17ClO2. The summed E-state index contributed by atoms with van der Waals surface area (Å²) in [5, 5.41) is -0.387. The van der Waals surface area contributed by atoms with E-state index in [2.05, 4.69) is 0 Å². The monoisotopic (exact) mass is 204 g/mol. The Morgan fingerprint density at radius 1 is 1.08 bits per heavy atom. The molecule has 0 aromatic rings. The number of carbonyl (C=O) groups is 2. The molecule has 0 rings (SSSR count). The van der Waals surface area contributed by atoms with Gasteiger partial charge in [0.05, 0.1) is 0 Å². The van der Waals surface area contributed by atoms with Gasteiger partial charge in [0.25, 0.3) is 0 Å². The van der Waals surface area contributed by atoms with Crippen LogP contribution in [0.5, 0.6) is 0 Å². The molecule has 0 radical (unpaired) electrons. The second-order valence-corrected chi connectivity index (χ2v) is 5.12. The highest BCUT2D eigenvalue weighted by molar-refractivity contribution is 6.64. The van der Waals surface area contributed by atoms with Gasteiger partial charge in [-0.1, -0.05) is 27.7 Å². The molecule has 0 amide bonds. The molecule has 0 aliphatic heterocycles. The van der Waals surface area contributed by atoms with Crippen LogP contribution in [0.4, 0.5) is 0 Å². The molecule has 0 saturated carbocycles. The largest absolute Gasteiger partial charge is 0.299 e. The van der Waals surface area contributed by atoms with Crippen molar-refractivity contribution < 1.29 is 9.59 Å². The summed E-state index contributed by atoms with van der Waals surface area (Å²) in [6.45, 7) is 8.71. The summed E-state index contributed by atoms with van der Waals surface area (Å²) in [5.74, 6) is 0.0819. The van der Waals surface area contributed by atoms with Gasteiger partial charge in [-0.05, 0) is 24.9 Å². The van der Waals surface area contributed by atoms with Crippen molar-refractivity contribution >= 4 is 22.6 Å². The SMILES string of the molecule is CC(=O)C(C)(C)CC(C)(C)C(=O)Cl. The van der Waals surface area contributed by atoms with E-state index < -0.39 is 10.8 Å². The maximum absolute atomic E-state index is 11.2. The summed E-state index contributed by atoms with van der Waals surface area (Å²) in [6.07, 6.45) is 0.484. The molecule has 0 unspecified atom stereocenters. The summed E-state index contributed by atoms with van der Waals surface area (Å²) in [6, 6.07) is 0. The zero-order chi connectivity index (χ0) is 10.9. The minimum atomic E-state index is -0.628. The molecule has 0 aromatic carbocycles. The van der Waals surface area contributed by atoms with Crippen LogP contribution in [0.2, 0.25) is 0 Å². The molecule has 0 N–H and O–H groups in total. The molecule has 13 heavy (non-hydrogen) atoms. The molecule has 0 spiro atoms. The zero-order valence-electron chi connectivity index (χ0n) is 8.90. The maximum Gasteiger partial charge on any atom is 0.227 e. The molecule has 0 aliphatic carbocycles. The fourth-order valence-electron chi connectivity index (χ4n) is 1.30. The quantitative estimate of drug-likeness (QED) is 0.660. The van der Waals surface area contributed by atoms with E-state index in [0.29, 0.717) is 6.42 Å². The third-order valence-electron chi connectivity index (χ3n) is 2.37. The standard InChI is InChI=1S/C10H17ClO2/c1-7(12)9(2,3)6-10(4,5)8(11)13/h6H2,1-5H3. The van der Waals surface area contributed by atoms with Crippen molar-refractivity contribution in [1.29, 1.82) is 0 Å². The number of rotatable bonds is 4. The summed E-state index contributed by atoms with van der Waals surface area (Å²) in [7, 11) is 0. The maximum atomic E-state index is 11.2. The van der Waals surface area contributed by atoms with Gasteiger partial charge in [0.1, 0.15) is 5.78 Å². The molecule has 0 bridgehead atoms. The Bertz CT molecular complexity index is 205. The molecular weight excluding hydrogens is 188 g/mol. The zero-order valence-corrected chi connectivity index (χ0v) is 9.66. The van der Waals surface area contributed by atoms with Crippen molar-refractivity contribution in [1.82, 2.24) is 0 Å². The highest BCUT2D eigenvalue weighted by Gasteiger charge is 2.36. The third kappa shape index (κ3) is 3.47.